The van der Waals surface area contributed by atoms with Gasteiger partial charge in [-0.1, -0.05) is 0 Å². The summed E-state index contributed by atoms with van der Waals surface area (Å²) in [4.78, 5) is 24.6. The lowest BCUT2D eigenvalue weighted by molar-refractivity contribution is -0.139. The van der Waals surface area contributed by atoms with Gasteiger partial charge in [-0.2, -0.15) is 0 Å². The van der Waals surface area contributed by atoms with Crippen molar-refractivity contribution in [2.45, 2.75) is 16.7 Å². The molecule has 116 valence electrons. The van der Waals surface area contributed by atoms with Gasteiger partial charge in [0, 0.05) is 11.9 Å². The Morgan fingerprint density at radius 3 is 2.81 bits per heavy atom. The minimum atomic E-state index is -3.85. The third kappa shape index (κ3) is 3.79. The van der Waals surface area contributed by atoms with Crippen molar-refractivity contribution in [3.8, 4) is 0 Å². The van der Waals surface area contributed by atoms with Crippen molar-refractivity contribution < 1.29 is 27.9 Å². The Morgan fingerprint density at radius 1 is 1.52 bits per heavy atom. The van der Waals surface area contributed by atoms with Gasteiger partial charge >= 0.3 is 5.97 Å². The molecule has 0 aliphatic carbocycles. The summed E-state index contributed by atoms with van der Waals surface area (Å²) < 4.78 is 27.5. The van der Waals surface area contributed by atoms with Gasteiger partial charge in [-0.25, -0.2) is 13.6 Å². The smallest absolute Gasteiger partial charge is 0.305 e. The lowest BCUT2D eigenvalue weighted by atomic mass is 10.1. The van der Waals surface area contributed by atoms with E-state index in [0.29, 0.717) is 6.61 Å². The van der Waals surface area contributed by atoms with Gasteiger partial charge in [-0.15, -0.1) is 11.3 Å². The van der Waals surface area contributed by atoms with Crippen LogP contribution >= 0.6 is 11.3 Å². The number of nitrogens with zero attached hydrogens (tertiary/aromatic N) is 1. The second-order valence-electron chi connectivity index (χ2n) is 4.52. The number of ether oxygens (including phenoxy) is 1. The summed E-state index contributed by atoms with van der Waals surface area (Å²) in [7, 11) is -3.85. The molecule has 1 aromatic heterocycles. The van der Waals surface area contributed by atoms with E-state index in [0.717, 1.165) is 11.3 Å². The number of hydrogen-bond donors (Lipinski definition) is 2. The Hall–Kier alpha value is -1.49. The average Bonchev–Trinajstić information content (AvgIpc) is 2.87. The highest BCUT2D eigenvalue weighted by molar-refractivity contribution is 7.91. The van der Waals surface area contributed by atoms with Crippen LogP contribution in [0, 0.1) is 0 Å². The van der Waals surface area contributed by atoms with Crippen LogP contribution in [0.15, 0.2) is 15.7 Å². The number of amides is 1. The molecule has 1 aliphatic rings. The Bertz CT molecular complexity index is 653. The van der Waals surface area contributed by atoms with Crippen LogP contribution in [0.3, 0.4) is 0 Å². The van der Waals surface area contributed by atoms with Crippen molar-refractivity contribution >= 4 is 33.2 Å². The maximum atomic E-state index is 12.4. The van der Waals surface area contributed by atoms with Gasteiger partial charge in [-0.3, -0.25) is 9.59 Å². The molecule has 0 spiro atoms. The van der Waals surface area contributed by atoms with Gasteiger partial charge in [0.15, 0.2) is 0 Å². The SMILES string of the molecule is NS(=O)(=O)c1cc(C(=O)N2CCOCC2CC(=O)O)cs1. The summed E-state index contributed by atoms with van der Waals surface area (Å²) in [6.45, 7) is 0.718. The molecule has 0 aromatic carbocycles. The minimum Gasteiger partial charge on any atom is -0.481 e. The number of primary sulfonamides is 1. The van der Waals surface area contributed by atoms with E-state index in [4.69, 9.17) is 15.0 Å². The molecule has 1 unspecified atom stereocenters. The molecular weight excluding hydrogens is 320 g/mol. The quantitative estimate of drug-likeness (QED) is 0.779. The summed E-state index contributed by atoms with van der Waals surface area (Å²) in [6, 6.07) is 0.636. The van der Waals surface area contributed by atoms with E-state index in [1.54, 1.807) is 0 Å². The number of carbonyl (C=O) groups is 2. The van der Waals surface area contributed by atoms with E-state index in [2.05, 4.69) is 0 Å². The van der Waals surface area contributed by atoms with E-state index in [9.17, 15) is 18.0 Å². The van der Waals surface area contributed by atoms with Crippen LogP contribution in [0.25, 0.3) is 0 Å². The van der Waals surface area contributed by atoms with Crippen molar-refractivity contribution in [2.24, 2.45) is 5.14 Å². The topological polar surface area (TPSA) is 127 Å². The molecule has 3 N–H and O–H groups in total. The number of carboxylic acid groups (broad SMARTS) is 1. The number of carbonyl (C=O) groups excluding carboxylic acids is 1. The van der Waals surface area contributed by atoms with Gasteiger partial charge in [-0.05, 0) is 6.07 Å². The van der Waals surface area contributed by atoms with Gasteiger partial charge in [0.1, 0.15) is 4.21 Å². The van der Waals surface area contributed by atoms with Crippen LogP contribution in [-0.2, 0) is 19.6 Å². The van der Waals surface area contributed by atoms with Crippen molar-refractivity contribution in [3.05, 3.63) is 17.0 Å². The van der Waals surface area contributed by atoms with E-state index >= 15 is 0 Å². The zero-order valence-electron chi connectivity index (χ0n) is 10.9. The Morgan fingerprint density at radius 2 is 2.24 bits per heavy atom. The molecule has 21 heavy (non-hydrogen) atoms. The Balaban J connectivity index is 2.20. The summed E-state index contributed by atoms with van der Waals surface area (Å²) in [5.74, 6) is -1.45. The first kappa shape index (κ1) is 15.9. The zero-order valence-corrected chi connectivity index (χ0v) is 12.5. The normalized spacial score (nSPS) is 19.5. The molecule has 8 nitrogen and oxygen atoms in total. The van der Waals surface area contributed by atoms with Crippen LogP contribution in [0.5, 0.6) is 0 Å². The number of rotatable bonds is 4. The summed E-state index contributed by atoms with van der Waals surface area (Å²) in [5.41, 5.74) is 0.182. The standard InChI is InChI=1S/C11H14N2O6S2/c12-21(17,18)10-3-7(6-20-10)11(16)13-1-2-19-5-8(13)4-9(14)15/h3,6,8H,1-2,4-5H2,(H,14,15)(H2,12,17,18). The fourth-order valence-electron chi connectivity index (χ4n) is 2.04. The molecular formula is C11H14N2O6S2. The highest BCUT2D eigenvalue weighted by Gasteiger charge is 2.30. The Kier molecular flexibility index (Phi) is 4.61. The number of nitrogens with two attached hydrogens (primary N) is 1. The summed E-state index contributed by atoms with van der Waals surface area (Å²) in [6.07, 6.45) is -0.224. The van der Waals surface area contributed by atoms with E-state index in [1.165, 1.54) is 16.3 Å². The molecule has 2 heterocycles. The largest absolute Gasteiger partial charge is 0.481 e. The van der Waals surface area contributed by atoms with Crippen LogP contribution < -0.4 is 5.14 Å². The molecule has 10 heteroatoms. The second kappa shape index (κ2) is 6.10. The number of thiophene rings is 1. The van der Waals surface area contributed by atoms with Crippen molar-refractivity contribution in [1.29, 1.82) is 0 Å². The second-order valence-corrected chi connectivity index (χ2v) is 7.22. The lowest BCUT2D eigenvalue weighted by Gasteiger charge is -2.34. The number of sulfonamides is 1. The molecule has 0 saturated carbocycles. The first-order chi connectivity index (χ1) is 9.79. The third-order valence-electron chi connectivity index (χ3n) is 3.00. The summed E-state index contributed by atoms with van der Waals surface area (Å²) >= 11 is 0.856. The fourth-order valence-corrected chi connectivity index (χ4v) is 3.62. The van der Waals surface area contributed by atoms with Crippen molar-refractivity contribution in [3.63, 3.8) is 0 Å². The predicted molar refractivity (Wildman–Crippen MR) is 73.6 cm³/mol. The number of aliphatic carboxylic acids is 1. The number of carboxylic acids is 1. The molecule has 1 aliphatic heterocycles. The van der Waals surface area contributed by atoms with Gasteiger partial charge in [0.2, 0.25) is 10.0 Å². The maximum Gasteiger partial charge on any atom is 0.305 e. The molecule has 1 fully saturated rings. The number of morpholine rings is 1. The van der Waals surface area contributed by atoms with Gasteiger partial charge in [0.25, 0.3) is 5.91 Å². The highest BCUT2D eigenvalue weighted by Crippen LogP contribution is 2.22. The first-order valence-electron chi connectivity index (χ1n) is 6.01. The van der Waals surface area contributed by atoms with E-state index in [-0.39, 0.29) is 29.3 Å². The first-order valence-corrected chi connectivity index (χ1v) is 8.43. The predicted octanol–water partition coefficient (Wildman–Crippen LogP) is -0.289. The molecule has 2 rings (SSSR count). The maximum absolute atomic E-state index is 12.4. The van der Waals surface area contributed by atoms with E-state index < -0.39 is 27.9 Å². The highest BCUT2D eigenvalue weighted by atomic mass is 32.2. The van der Waals surface area contributed by atoms with Crippen LogP contribution in [0.4, 0.5) is 0 Å². The summed E-state index contributed by atoms with van der Waals surface area (Å²) in [5, 5.41) is 15.3. The molecule has 1 atom stereocenters. The molecule has 1 aromatic rings. The Labute approximate surface area is 125 Å². The van der Waals surface area contributed by atoms with E-state index in [1.807, 2.05) is 0 Å². The van der Waals surface area contributed by atoms with Crippen LogP contribution in [0.2, 0.25) is 0 Å². The molecule has 0 radical (unpaired) electrons. The number of hydrogen-bond acceptors (Lipinski definition) is 6. The average molecular weight is 334 g/mol. The minimum absolute atomic E-state index is 0.103. The third-order valence-corrected chi connectivity index (χ3v) is 5.39. The van der Waals surface area contributed by atoms with Gasteiger partial charge < -0.3 is 14.7 Å². The van der Waals surface area contributed by atoms with Crippen molar-refractivity contribution in [2.75, 3.05) is 19.8 Å². The fraction of sp³-hybridized carbons (Fsp3) is 0.455. The monoisotopic (exact) mass is 334 g/mol. The molecule has 1 amide bonds. The van der Waals surface area contributed by atoms with Crippen LogP contribution in [0.1, 0.15) is 16.8 Å². The lowest BCUT2D eigenvalue weighted by Crippen LogP contribution is -2.49. The van der Waals surface area contributed by atoms with Gasteiger partial charge in [0.05, 0.1) is 31.2 Å². The van der Waals surface area contributed by atoms with Crippen LogP contribution in [-0.4, -0.2) is 56.1 Å². The molecule has 1 saturated heterocycles. The van der Waals surface area contributed by atoms with Crippen molar-refractivity contribution in [1.82, 2.24) is 4.90 Å². The molecule has 0 bridgehead atoms. The zero-order chi connectivity index (χ0) is 15.6.